The van der Waals surface area contributed by atoms with Crippen molar-refractivity contribution < 1.29 is 13.9 Å². The van der Waals surface area contributed by atoms with Crippen LogP contribution in [0.15, 0.2) is 40.9 Å². The highest BCUT2D eigenvalue weighted by Crippen LogP contribution is 2.35. The molecule has 1 N–H and O–H groups in total. The molecular formula is C19H17BrFN3O2. The zero-order valence-electron chi connectivity index (χ0n) is 14.1. The highest BCUT2D eigenvalue weighted by atomic mass is 79.9. The fraction of sp³-hybridized carbons (Fsp3) is 0.263. The van der Waals surface area contributed by atoms with Crippen molar-refractivity contribution in [2.24, 2.45) is 0 Å². The van der Waals surface area contributed by atoms with E-state index in [1.54, 1.807) is 30.2 Å². The molecule has 0 saturated carbocycles. The summed E-state index contributed by atoms with van der Waals surface area (Å²) in [6, 6.07) is 9.66. The van der Waals surface area contributed by atoms with E-state index in [-0.39, 0.29) is 17.8 Å². The number of H-pyrrole nitrogens is 1. The number of hydrogen-bond donors (Lipinski definition) is 1. The average molecular weight is 418 g/mol. The van der Waals surface area contributed by atoms with E-state index in [2.05, 4.69) is 25.9 Å². The largest absolute Gasteiger partial charge is 0.496 e. The van der Waals surface area contributed by atoms with Gasteiger partial charge in [0.15, 0.2) is 0 Å². The fourth-order valence-electron chi connectivity index (χ4n) is 3.46. The highest BCUT2D eigenvalue weighted by Gasteiger charge is 2.34. The van der Waals surface area contributed by atoms with Crippen molar-refractivity contribution in [3.05, 3.63) is 58.1 Å². The van der Waals surface area contributed by atoms with Crippen molar-refractivity contribution in [1.82, 2.24) is 14.9 Å². The third kappa shape index (κ3) is 2.96. The Morgan fingerprint density at radius 2 is 2.19 bits per heavy atom. The average Bonchev–Trinajstić information content (AvgIpc) is 3.27. The van der Waals surface area contributed by atoms with Gasteiger partial charge in [-0.05, 0) is 49.2 Å². The van der Waals surface area contributed by atoms with Crippen LogP contribution in [0.2, 0.25) is 0 Å². The van der Waals surface area contributed by atoms with E-state index >= 15 is 0 Å². The number of fused-ring (bicyclic) bond motifs is 1. The van der Waals surface area contributed by atoms with Crippen molar-refractivity contribution in [2.75, 3.05) is 13.7 Å². The molecule has 1 atom stereocenters. The maximum atomic E-state index is 13.4. The molecule has 26 heavy (non-hydrogen) atoms. The number of carbonyl (C=O) groups excluding carboxylic acids is 1. The predicted octanol–water partition coefficient (Wildman–Crippen LogP) is 4.45. The molecule has 1 aromatic heterocycles. The van der Waals surface area contributed by atoms with Crippen LogP contribution in [-0.2, 0) is 0 Å². The minimum atomic E-state index is -0.314. The van der Waals surface area contributed by atoms with Crippen molar-refractivity contribution in [2.45, 2.75) is 18.9 Å². The second-order valence-corrected chi connectivity index (χ2v) is 7.20. The number of nitrogens with zero attached hydrogens (tertiary/aromatic N) is 2. The molecule has 0 spiro atoms. The Balaban J connectivity index is 1.69. The number of imidazole rings is 1. The molecule has 0 radical (unpaired) electrons. The summed E-state index contributed by atoms with van der Waals surface area (Å²) in [5, 5.41) is 0. The topological polar surface area (TPSA) is 58.2 Å². The van der Waals surface area contributed by atoms with Crippen LogP contribution in [0.1, 0.15) is 35.1 Å². The minimum Gasteiger partial charge on any atom is -0.496 e. The predicted molar refractivity (Wildman–Crippen MR) is 99.8 cm³/mol. The third-order valence-electron chi connectivity index (χ3n) is 4.68. The lowest BCUT2D eigenvalue weighted by Crippen LogP contribution is -2.31. The molecule has 1 unspecified atom stereocenters. The highest BCUT2D eigenvalue weighted by molar-refractivity contribution is 9.10. The number of aromatic nitrogens is 2. The van der Waals surface area contributed by atoms with Crippen LogP contribution in [0.25, 0.3) is 11.0 Å². The minimum absolute atomic E-state index is 0.0997. The monoisotopic (exact) mass is 417 g/mol. The van der Waals surface area contributed by atoms with E-state index in [0.717, 1.165) is 17.3 Å². The van der Waals surface area contributed by atoms with Gasteiger partial charge in [-0.1, -0.05) is 15.9 Å². The molecule has 1 saturated heterocycles. The molecule has 1 aliphatic rings. The molecule has 5 nitrogen and oxygen atoms in total. The van der Waals surface area contributed by atoms with Gasteiger partial charge < -0.3 is 14.6 Å². The summed E-state index contributed by atoms with van der Waals surface area (Å²) < 4.78 is 19.6. The van der Waals surface area contributed by atoms with Gasteiger partial charge >= 0.3 is 0 Å². The molecule has 7 heteroatoms. The SMILES string of the molecule is COc1ccc(Br)cc1C(=O)N1CCCC1c1nc2ccc(F)cc2[nH]1. The molecule has 4 rings (SSSR count). The van der Waals surface area contributed by atoms with Crippen LogP contribution in [0.3, 0.4) is 0 Å². The van der Waals surface area contributed by atoms with E-state index in [1.165, 1.54) is 12.1 Å². The third-order valence-corrected chi connectivity index (χ3v) is 5.18. The normalized spacial score (nSPS) is 17.0. The van der Waals surface area contributed by atoms with Gasteiger partial charge in [0, 0.05) is 11.0 Å². The molecule has 3 aromatic rings. The molecule has 1 amide bonds. The van der Waals surface area contributed by atoms with Crippen LogP contribution in [-0.4, -0.2) is 34.4 Å². The Hall–Kier alpha value is -2.41. The Morgan fingerprint density at radius 3 is 3.00 bits per heavy atom. The van der Waals surface area contributed by atoms with Crippen LogP contribution in [0.4, 0.5) is 4.39 Å². The van der Waals surface area contributed by atoms with Crippen LogP contribution >= 0.6 is 15.9 Å². The number of halogens is 2. The molecule has 2 aromatic carbocycles. The number of carbonyl (C=O) groups is 1. The van der Waals surface area contributed by atoms with E-state index in [0.29, 0.717) is 34.7 Å². The standard InChI is InChI=1S/C19H17BrFN3O2/c1-26-17-7-4-11(20)9-13(17)19(25)24-8-2-3-16(24)18-22-14-6-5-12(21)10-15(14)23-18/h4-7,9-10,16H,2-3,8H2,1H3,(H,22,23). The summed E-state index contributed by atoms with van der Waals surface area (Å²) >= 11 is 3.41. The molecule has 0 aliphatic carbocycles. The molecule has 2 heterocycles. The second-order valence-electron chi connectivity index (χ2n) is 6.28. The van der Waals surface area contributed by atoms with E-state index < -0.39 is 0 Å². The summed E-state index contributed by atoms with van der Waals surface area (Å²) in [5.41, 5.74) is 1.84. The molecule has 1 fully saturated rings. The molecule has 134 valence electrons. The quantitative estimate of drug-likeness (QED) is 0.684. The van der Waals surface area contributed by atoms with Crippen molar-refractivity contribution in [1.29, 1.82) is 0 Å². The number of ether oxygens (including phenoxy) is 1. The Labute approximate surface area is 158 Å². The lowest BCUT2D eigenvalue weighted by molar-refractivity contribution is 0.0727. The number of amides is 1. The second kappa shape index (κ2) is 6.72. The Morgan fingerprint density at radius 1 is 1.35 bits per heavy atom. The van der Waals surface area contributed by atoms with Gasteiger partial charge in [-0.15, -0.1) is 0 Å². The summed E-state index contributed by atoms with van der Waals surface area (Å²) in [4.78, 5) is 22.7. The first-order chi connectivity index (χ1) is 12.6. The van der Waals surface area contributed by atoms with Crippen molar-refractivity contribution >= 4 is 32.9 Å². The molecule has 1 aliphatic heterocycles. The number of benzene rings is 2. The fourth-order valence-corrected chi connectivity index (χ4v) is 3.82. The number of nitrogens with one attached hydrogen (secondary N) is 1. The smallest absolute Gasteiger partial charge is 0.258 e. The van der Waals surface area contributed by atoms with E-state index in [9.17, 15) is 9.18 Å². The summed E-state index contributed by atoms with van der Waals surface area (Å²) in [6.45, 7) is 0.643. The first kappa shape index (κ1) is 17.0. The van der Waals surface area contributed by atoms with Gasteiger partial charge in [0.1, 0.15) is 17.4 Å². The van der Waals surface area contributed by atoms with Crippen LogP contribution < -0.4 is 4.74 Å². The molecule has 0 bridgehead atoms. The first-order valence-corrected chi connectivity index (χ1v) is 9.16. The number of likely N-dealkylation sites (tertiary alicyclic amines) is 1. The van der Waals surface area contributed by atoms with E-state index in [4.69, 9.17) is 4.74 Å². The zero-order chi connectivity index (χ0) is 18.3. The maximum Gasteiger partial charge on any atom is 0.258 e. The van der Waals surface area contributed by atoms with Crippen molar-refractivity contribution in [3.8, 4) is 5.75 Å². The maximum absolute atomic E-state index is 13.4. The Kier molecular flexibility index (Phi) is 4.40. The molecular weight excluding hydrogens is 401 g/mol. The van der Waals surface area contributed by atoms with Gasteiger partial charge in [0.05, 0.1) is 29.7 Å². The summed E-state index contributed by atoms with van der Waals surface area (Å²) in [7, 11) is 1.55. The number of aromatic amines is 1. The van der Waals surface area contributed by atoms with Gasteiger partial charge in [0.25, 0.3) is 5.91 Å². The Bertz CT molecular complexity index is 988. The number of methoxy groups -OCH3 is 1. The van der Waals surface area contributed by atoms with Gasteiger partial charge in [-0.25, -0.2) is 9.37 Å². The van der Waals surface area contributed by atoms with Crippen molar-refractivity contribution in [3.63, 3.8) is 0 Å². The van der Waals surface area contributed by atoms with Gasteiger partial charge in [0.2, 0.25) is 0 Å². The van der Waals surface area contributed by atoms with Gasteiger partial charge in [-0.2, -0.15) is 0 Å². The first-order valence-electron chi connectivity index (χ1n) is 8.36. The van der Waals surface area contributed by atoms with Crippen LogP contribution in [0, 0.1) is 5.82 Å². The number of hydrogen-bond acceptors (Lipinski definition) is 3. The van der Waals surface area contributed by atoms with Crippen LogP contribution in [0.5, 0.6) is 5.75 Å². The zero-order valence-corrected chi connectivity index (χ0v) is 15.7. The summed E-state index contributed by atoms with van der Waals surface area (Å²) in [5.74, 6) is 0.809. The number of rotatable bonds is 3. The van der Waals surface area contributed by atoms with Gasteiger partial charge in [-0.3, -0.25) is 4.79 Å². The van der Waals surface area contributed by atoms with E-state index in [1.807, 2.05) is 6.07 Å². The lowest BCUT2D eigenvalue weighted by Gasteiger charge is -2.24. The lowest BCUT2D eigenvalue weighted by atomic mass is 10.1. The summed E-state index contributed by atoms with van der Waals surface area (Å²) in [6.07, 6.45) is 1.70.